The van der Waals surface area contributed by atoms with Crippen molar-refractivity contribution in [2.75, 3.05) is 52.3 Å². The molecule has 2 aromatic carbocycles. The second kappa shape index (κ2) is 10.3. The van der Waals surface area contributed by atoms with Crippen LogP contribution in [0.4, 0.5) is 5.69 Å². The highest BCUT2D eigenvalue weighted by Crippen LogP contribution is 2.42. The normalized spacial score (nSPS) is 17.3. The third-order valence-electron chi connectivity index (χ3n) is 7.29. The SMILES string of the molecule is COc1cc(-c2ccc3ncc(C(=O)C4CC4)c(N4CCN(C(C=O)N(C)C)CC4)c3c2)cc(Cl)c1O. The maximum Gasteiger partial charge on any atom is 0.176 e. The zero-order chi connectivity index (χ0) is 26.3. The molecule has 3 aromatic rings. The van der Waals surface area contributed by atoms with E-state index in [2.05, 4.69) is 14.8 Å². The van der Waals surface area contributed by atoms with Crippen LogP contribution in [0.3, 0.4) is 0 Å². The number of anilines is 1. The van der Waals surface area contributed by atoms with Gasteiger partial charge >= 0.3 is 0 Å². The number of aldehydes is 1. The number of nitrogens with zero attached hydrogens (tertiary/aromatic N) is 4. The van der Waals surface area contributed by atoms with Crippen LogP contribution in [-0.4, -0.2) is 85.5 Å². The Morgan fingerprint density at radius 1 is 1.16 bits per heavy atom. The number of Topliss-reactive ketones (excluding diaryl/α,β-unsaturated/α-hetero) is 1. The highest BCUT2D eigenvalue weighted by atomic mass is 35.5. The van der Waals surface area contributed by atoms with Gasteiger partial charge in [-0.25, -0.2) is 0 Å². The van der Waals surface area contributed by atoms with E-state index in [4.69, 9.17) is 16.3 Å². The number of likely N-dealkylation sites (N-methyl/N-ethyl adjacent to an activating group) is 1. The largest absolute Gasteiger partial charge is 0.503 e. The summed E-state index contributed by atoms with van der Waals surface area (Å²) in [6, 6.07) is 9.37. The number of phenolic OH excluding ortho intramolecular Hbond substituents is 1. The summed E-state index contributed by atoms with van der Waals surface area (Å²) in [7, 11) is 5.29. The van der Waals surface area contributed by atoms with Gasteiger partial charge in [-0.15, -0.1) is 0 Å². The lowest BCUT2D eigenvalue weighted by molar-refractivity contribution is -0.117. The number of ketones is 1. The molecule has 2 heterocycles. The number of carbonyl (C=O) groups excluding carboxylic acids is 2. The number of rotatable bonds is 8. The molecule has 9 heteroatoms. The van der Waals surface area contributed by atoms with Crippen molar-refractivity contribution in [3.05, 3.63) is 47.1 Å². The van der Waals surface area contributed by atoms with Crippen LogP contribution >= 0.6 is 11.6 Å². The molecule has 0 amide bonds. The van der Waals surface area contributed by atoms with E-state index in [1.54, 1.807) is 18.3 Å². The summed E-state index contributed by atoms with van der Waals surface area (Å²) < 4.78 is 5.30. The number of hydrogen-bond donors (Lipinski definition) is 1. The molecule has 2 aliphatic rings. The summed E-state index contributed by atoms with van der Waals surface area (Å²) in [5, 5.41) is 11.3. The molecule has 5 rings (SSSR count). The number of fused-ring (bicyclic) bond motifs is 1. The van der Waals surface area contributed by atoms with E-state index in [-0.39, 0.29) is 28.6 Å². The molecule has 0 bridgehead atoms. The lowest BCUT2D eigenvalue weighted by Gasteiger charge is -2.41. The highest BCUT2D eigenvalue weighted by molar-refractivity contribution is 6.32. The van der Waals surface area contributed by atoms with E-state index in [0.717, 1.165) is 46.8 Å². The Morgan fingerprint density at radius 2 is 1.89 bits per heavy atom. The molecule has 1 aromatic heterocycles. The first-order valence-corrected chi connectivity index (χ1v) is 12.8. The summed E-state index contributed by atoms with van der Waals surface area (Å²) in [5.41, 5.74) is 4.01. The number of aromatic hydroxyl groups is 1. The van der Waals surface area contributed by atoms with E-state index in [1.165, 1.54) is 7.11 Å². The fourth-order valence-electron chi connectivity index (χ4n) is 5.09. The minimum absolute atomic E-state index is 0.0656. The fraction of sp³-hybridized carbons (Fsp3) is 0.393. The lowest BCUT2D eigenvalue weighted by atomic mass is 9.97. The van der Waals surface area contributed by atoms with Gasteiger partial charge in [-0.1, -0.05) is 17.7 Å². The molecule has 194 valence electrons. The van der Waals surface area contributed by atoms with Gasteiger partial charge in [-0.2, -0.15) is 0 Å². The molecule has 1 saturated carbocycles. The van der Waals surface area contributed by atoms with Crippen LogP contribution < -0.4 is 9.64 Å². The van der Waals surface area contributed by atoms with Crippen LogP contribution in [0.25, 0.3) is 22.0 Å². The maximum absolute atomic E-state index is 13.4. The van der Waals surface area contributed by atoms with Crippen molar-refractivity contribution in [1.29, 1.82) is 0 Å². The average molecular weight is 523 g/mol. The van der Waals surface area contributed by atoms with E-state index in [1.807, 2.05) is 37.2 Å². The smallest absolute Gasteiger partial charge is 0.176 e. The van der Waals surface area contributed by atoms with Gasteiger partial charge in [0, 0.05) is 43.7 Å². The number of ether oxygens (including phenoxy) is 1. The van der Waals surface area contributed by atoms with Crippen molar-refractivity contribution in [1.82, 2.24) is 14.8 Å². The number of hydrogen-bond acceptors (Lipinski definition) is 8. The van der Waals surface area contributed by atoms with Gasteiger partial charge in [-0.3, -0.25) is 19.6 Å². The Labute approximate surface area is 221 Å². The van der Waals surface area contributed by atoms with E-state index in [9.17, 15) is 14.7 Å². The summed E-state index contributed by atoms with van der Waals surface area (Å²) in [6.45, 7) is 2.77. The standard InChI is InChI=1S/C28H31ClN4O4/c1-31(2)25(16-34)32-8-10-33(11-9-32)26-20-12-18(19-13-22(29)28(36)24(14-19)37-3)6-7-23(20)30-15-21(26)27(35)17-4-5-17/h6-7,12-17,25,36H,4-5,8-11H2,1-3H3. The topological polar surface area (TPSA) is 86.2 Å². The predicted molar refractivity (Wildman–Crippen MR) is 145 cm³/mol. The first-order chi connectivity index (χ1) is 17.8. The molecule has 37 heavy (non-hydrogen) atoms. The Bertz CT molecular complexity index is 1350. The van der Waals surface area contributed by atoms with Crippen molar-refractivity contribution in [3.63, 3.8) is 0 Å². The molecule has 1 saturated heterocycles. The van der Waals surface area contributed by atoms with Crippen molar-refractivity contribution < 1.29 is 19.4 Å². The van der Waals surface area contributed by atoms with Crippen molar-refractivity contribution >= 4 is 40.3 Å². The molecule has 0 spiro atoms. The van der Waals surface area contributed by atoms with E-state index < -0.39 is 0 Å². The number of halogens is 1. The second-order valence-electron chi connectivity index (χ2n) is 9.94. The van der Waals surface area contributed by atoms with Crippen molar-refractivity contribution in [3.8, 4) is 22.6 Å². The van der Waals surface area contributed by atoms with Crippen LogP contribution in [0.1, 0.15) is 23.2 Å². The number of piperazine rings is 1. The number of benzene rings is 2. The van der Waals surface area contributed by atoms with Crippen LogP contribution in [-0.2, 0) is 4.79 Å². The Morgan fingerprint density at radius 3 is 2.51 bits per heavy atom. The van der Waals surface area contributed by atoms with Crippen molar-refractivity contribution in [2.45, 2.75) is 19.0 Å². The number of phenols is 1. The first kappa shape index (κ1) is 25.4. The van der Waals surface area contributed by atoms with Crippen LogP contribution in [0.5, 0.6) is 11.5 Å². The molecule has 1 unspecified atom stereocenters. The molecule has 1 aliphatic heterocycles. The monoisotopic (exact) mass is 522 g/mol. The Hall–Kier alpha value is -3.20. The molecule has 1 N–H and O–H groups in total. The van der Waals surface area contributed by atoms with E-state index >= 15 is 0 Å². The van der Waals surface area contributed by atoms with Crippen LogP contribution in [0.15, 0.2) is 36.5 Å². The van der Waals surface area contributed by atoms with Gasteiger partial charge in [0.2, 0.25) is 0 Å². The van der Waals surface area contributed by atoms with Gasteiger partial charge in [0.05, 0.1) is 28.9 Å². The lowest BCUT2D eigenvalue weighted by Crippen LogP contribution is -2.55. The number of carbonyl (C=O) groups is 2. The molecule has 1 aliphatic carbocycles. The Balaban J connectivity index is 1.59. The minimum atomic E-state index is -0.273. The summed E-state index contributed by atoms with van der Waals surface area (Å²) in [5.74, 6) is 0.402. The number of methoxy groups -OCH3 is 1. The van der Waals surface area contributed by atoms with Gasteiger partial charge in [0.1, 0.15) is 6.17 Å². The second-order valence-corrected chi connectivity index (χ2v) is 10.3. The molecule has 8 nitrogen and oxygen atoms in total. The first-order valence-electron chi connectivity index (χ1n) is 12.5. The molecule has 2 fully saturated rings. The Kier molecular flexibility index (Phi) is 7.07. The number of pyridine rings is 1. The van der Waals surface area contributed by atoms with Gasteiger partial charge in [-0.05, 0) is 62.3 Å². The third-order valence-corrected chi connectivity index (χ3v) is 7.58. The summed E-state index contributed by atoms with van der Waals surface area (Å²) in [6.07, 6.45) is 4.26. The summed E-state index contributed by atoms with van der Waals surface area (Å²) in [4.78, 5) is 36.0. The van der Waals surface area contributed by atoms with Crippen LogP contribution in [0, 0.1) is 5.92 Å². The van der Waals surface area contributed by atoms with Crippen LogP contribution in [0.2, 0.25) is 5.02 Å². The quantitative estimate of drug-likeness (QED) is 0.350. The fourth-order valence-corrected chi connectivity index (χ4v) is 5.30. The molecule has 1 atom stereocenters. The molecular weight excluding hydrogens is 492 g/mol. The maximum atomic E-state index is 13.4. The van der Waals surface area contributed by atoms with Gasteiger partial charge < -0.3 is 19.5 Å². The summed E-state index contributed by atoms with van der Waals surface area (Å²) >= 11 is 6.27. The predicted octanol–water partition coefficient (Wildman–Crippen LogP) is 4.07. The third kappa shape index (κ3) is 4.89. The van der Waals surface area contributed by atoms with E-state index in [0.29, 0.717) is 37.5 Å². The molecule has 0 radical (unpaired) electrons. The minimum Gasteiger partial charge on any atom is -0.503 e. The zero-order valence-corrected chi connectivity index (χ0v) is 22.0. The van der Waals surface area contributed by atoms with Gasteiger partial charge in [0.25, 0.3) is 0 Å². The van der Waals surface area contributed by atoms with Crippen molar-refractivity contribution in [2.24, 2.45) is 5.92 Å². The average Bonchev–Trinajstić information content (AvgIpc) is 3.75. The zero-order valence-electron chi connectivity index (χ0n) is 21.3. The highest BCUT2D eigenvalue weighted by Gasteiger charge is 2.34. The van der Waals surface area contributed by atoms with Gasteiger partial charge in [0.15, 0.2) is 23.6 Å². The molecular formula is C28H31ClN4O4. The number of aromatic nitrogens is 1.